The molecule has 0 saturated carbocycles. The molecule has 3 aliphatic rings. The smallest absolute Gasteiger partial charge is 0.358 e. The number of carbonyl (C=O) groups is 4. The van der Waals surface area contributed by atoms with Gasteiger partial charge in [-0.1, -0.05) is 5.16 Å². The lowest BCUT2D eigenvalue weighted by molar-refractivity contribution is -0.267. The molecule has 0 aliphatic carbocycles. The topological polar surface area (TPSA) is 181 Å². The molecule has 3 N–H and O–H groups in total. The Balaban J connectivity index is 1.50. The van der Waals surface area contributed by atoms with Crippen molar-refractivity contribution in [3.05, 3.63) is 21.7 Å². The minimum absolute atomic E-state index is 0.0421. The lowest BCUT2D eigenvalue weighted by Crippen LogP contribution is -2.71. The summed E-state index contributed by atoms with van der Waals surface area (Å²) in [5.41, 5.74) is 5.01. The molecule has 0 aromatic carbocycles. The Morgan fingerprint density at radius 1 is 1.30 bits per heavy atom. The Labute approximate surface area is 261 Å². The standard InChI is InChI=1S/C26H35N5O9S3/c1-25(2,3)23(35)38-12-37-22(34)18-15(41-9-13-7-8-39-26(4,5)40-13)11-42-21-17(20(33)31(18)21)29-19(32)16(30-36-6)14-10-43-24(27)28-14/h10,13,17,21H,7-9,11-12H2,1-6H3,(H2,27,28)(H,29,32)/b30-16-/t13?,17?,21-/m1/s1. The number of aromatic nitrogens is 1. The fourth-order valence-electron chi connectivity index (χ4n) is 4.26. The van der Waals surface area contributed by atoms with E-state index in [1.54, 1.807) is 26.2 Å². The van der Waals surface area contributed by atoms with Crippen LogP contribution in [0, 0.1) is 5.41 Å². The number of β-lactam (4-membered cyclic amide) rings is 1. The molecule has 2 fully saturated rings. The number of nitrogens with one attached hydrogen (secondary N) is 1. The Hall–Kier alpha value is -2.86. The van der Waals surface area contributed by atoms with E-state index in [9.17, 15) is 19.2 Å². The number of nitrogens with two attached hydrogens (primary N) is 1. The van der Waals surface area contributed by atoms with Gasteiger partial charge in [0, 0.05) is 21.8 Å². The first-order valence-electron chi connectivity index (χ1n) is 13.3. The number of hydrogen-bond acceptors (Lipinski definition) is 15. The Kier molecular flexibility index (Phi) is 10.3. The number of fused-ring (bicyclic) bond motifs is 1. The van der Waals surface area contributed by atoms with Crippen LogP contribution in [0.25, 0.3) is 0 Å². The molecule has 1 aromatic rings. The number of oxime groups is 1. The summed E-state index contributed by atoms with van der Waals surface area (Å²) in [5, 5.41) is 7.63. The Morgan fingerprint density at radius 2 is 2.05 bits per heavy atom. The first kappa shape index (κ1) is 33.0. The molecule has 236 valence electrons. The summed E-state index contributed by atoms with van der Waals surface area (Å²) >= 11 is 3.90. The maximum absolute atomic E-state index is 13.4. The van der Waals surface area contributed by atoms with Crippen LogP contribution < -0.4 is 11.1 Å². The zero-order chi connectivity index (χ0) is 31.5. The van der Waals surface area contributed by atoms with E-state index in [4.69, 9.17) is 29.5 Å². The largest absolute Gasteiger partial charge is 0.427 e. The highest BCUT2D eigenvalue weighted by Crippen LogP contribution is 2.44. The van der Waals surface area contributed by atoms with Gasteiger partial charge < -0.3 is 34.8 Å². The summed E-state index contributed by atoms with van der Waals surface area (Å²) in [6.45, 7) is 8.64. The number of anilines is 1. The number of esters is 2. The van der Waals surface area contributed by atoms with Crippen molar-refractivity contribution in [3.63, 3.8) is 0 Å². The maximum Gasteiger partial charge on any atom is 0.358 e. The molecule has 4 rings (SSSR count). The van der Waals surface area contributed by atoms with Crippen molar-refractivity contribution in [2.75, 3.05) is 37.7 Å². The van der Waals surface area contributed by atoms with Gasteiger partial charge in [-0.25, -0.2) is 9.78 Å². The average Bonchev–Trinajstić information content (AvgIpc) is 3.37. The molecule has 0 radical (unpaired) electrons. The summed E-state index contributed by atoms with van der Waals surface area (Å²) in [6.07, 6.45) is 0.542. The second kappa shape index (κ2) is 13.4. The van der Waals surface area contributed by atoms with Crippen molar-refractivity contribution in [2.45, 2.75) is 64.3 Å². The van der Waals surface area contributed by atoms with Gasteiger partial charge in [0.05, 0.1) is 18.1 Å². The number of nitrogens with zero attached hydrogens (tertiary/aromatic N) is 3. The number of carbonyl (C=O) groups excluding carboxylic acids is 4. The van der Waals surface area contributed by atoms with E-state index in [0.29, 0.717) is 29.4 Å². The van der Waals surface area contributed by atoms with Gasteiger partial charge in [0.1, 0.15) is 29.9 Å². The number of thioether (sulfide) groups is 2. The van der Waals surface area contributed by atoms with Crippen LogP contribution in [-0.4, -0.2) is 94.7 Å². The number of thiazole rings is 1. The van der Waals surface area contributed by atoms with Gasteiger partial charge in [-0.2, -0.15) is 0 Å². The minimum atomic E-state index is -0.955. The van der Waals surface area contributed by atoms with E-state index < -0.39 is 53.2 Å². The number of ether oxygens (including phenoxy) is 4. The first-order chi connectivity index (χ1) is 20.2. The zero-order valence-corrected chi connectivity index (χ0v) is 27.1. The summed E-state index contributed by atoms with van der Waals surface area (Å²) in [6, 6.07) is -0.955. The predicted octanol–water partition coefficient (Wildman–Crippen LogP) is 2.05. The Morgan fingerprint density at radius 3 is 2.67 bits per heavy atom. The third-order valence-corrected chi connectivity index (χ3v) is 9.71. The van der Waals surface area contributed by atoms with Crippen LogP contribution >= 0.6 is 34.9 Å². The van der Waals surface area contributed by atoms with E-state index in [0.717, 1.165) is 11.3 Å². The Bertz CT molecular complexity index is 1320. The van der Waals surface area contributed by atoms with Crippen LogP contribution in [0.2, 0.25) is 0 Å². The van der Waals surface area contributed by atoms with Crippen LogP contribution in [0.1, 0.15) is 46.7 Å². The van der Waals surface area contributed by atoms with Gasteiger partial charge in [-0.3, -0.25) is 19.3 Å². The molecule has 4 heterocycles. The average molecular weight is 658 g/mol. The lowest BCUT2D eigenvalue weighted by atomic mass is 9.98. The van der Waals surface area contributed by atoms with Gasteiger partial charge in [-0.15, -0.1) is 34.9 Å². The predicted molar refractivity (Wildman–Crippen MR) is 161 cm³/mol. The number of amides is 2. The number of hydrogen-bond donors (Lipinski definition) is 2. The van der Waals surface area contributed by atoms with E-state index >= 15 is 0 Å². The minimum Gasteiger partial charge on any atom is -0.427 e. The second-order valence-electron chi connectivity index (χ2n) is 11.1. The van der Waals surface area contributed by atoms with Crippen molar-refractivity contribution in [1.29, 1.82) is 0 Å². The van der Waals surface area contributed by atoms with Crippen molar-refractivity contribution >= 4 is 69.5 Å². The molecular weight excluding hydrogens is 623 g/mol. The summed E-state index contributed by atoms with van der Waals surface area (Å²) < 4.78 is 22.0. The molecule has 43 heavy (non-hydrogen) atoms. The number of nitrogen functional groups attached to an aromatic ring is 1. The third kappa shape index (κ3) is 7.81. The van der Waals surface area contributed by atoms with Gasteiger partial charge in [0.2, 0.25) is 6.79 Å². The lowest BCUT2D eigenvalue weighted by Gasteiger charge is -2.49. The molecule has 14 nitrogen and oxygen atoms in total. The van der Waals surface area contributed by atoms with Gasteiger partial charge in [0.25, 0.3) is 11.8 Å². The molecule has 3 aliphatic heterocycles. The molecule has 0 bridgehead atoms. The monoisotopic (exact) mass is 657 g/mol. The molecule has 2 unspecified atom stereocenters. The highest BCUT2D eigenvalue weighted by molar-refractivity contribution is 8.06. The van der Waals surface area contributed by atoms with Gasteiger partial charge in [0.15, 0.2) is 16.6 Å². The van der Waals surface area contributed by atoms with E-state index in [1.165, 1.54) is 35.5 Å². The molecule has 0 spiro atoms. The molecular formula is C26H35N5O9S3. The highest BCUT2D eigenvalue weighted by Gasteiger charge is 2.55. The van der Waals surface area contributed by atoms with Crippen molar-refractivity contribution < 1.29 is 43.0 Å². The SMILES string of the molecule is CO/N=C(\C(=O)NC1C(=O)N2C(C(=O)OCOC(=O)C(C)(C)C)=C(SCC3CCOC(C)(C)O3)CS[C@H]12)c1csc(N)n1. The second-order valence-corrected chi connectivity index (χ2v) is 14.3. The fraction of sp³-hybridized carbons (Fsp3) is 0.615. The van der Waals surface area contributed by atoms with E-state index in [1.807, 2.05) is 13.8 Å². The van der Waals surface area contributed by atoms with Crippen LogP contribution in [0.3, 0.4) is 0 Å². The summed E-state index contributed by atoms with van der Waals surface area (Å²) in [4.78, 5) is 62.8. The van der Waals surface area contributed by atoms with Crippen LogP contribution in [-0.2, 0) is 43.0 Å². The van der Waals surface area contributed by atoms with Crippen LogP contribution in [0.5, 0.6) is 0 Å². The molecule has 2 amide bonds. The molecule has 1 aromatic heterocycles. The first-order valence-corrected chi connectivity index (χ1v) is 16.2. The molecule has 17 heteroatoms. The number of rotatable bonds is 10. The third-order valence-electron chi connectivity index (χ3n) is 6.35. The molecule has 3 atom stereocenters. The van der Waals surface area contributed by atoms with Gasteiger partial charge in [-0.05, 0) is 41.0 Å². The van der Waals surface area contributed by atoms with E-state index in [-0.39, 0.29) is 28.3 Å². The van der Waals surface area contributed by atoms with Crippen LogP contribution in [0.15, 0.2) is 21.1 Å². The van der Waals surface area contributed by atoms with Gasteiger partial charge >= 0.3 is 11.9 Å². The summed E-state index contributed by atoms with van der Waals surface area (Å²) in [5.74, 6) is -2.41. The highest BCUT2D eigenvalue weighted by atomic mass is 32.2. The fourth-order valence-corrected chi connectivity index (χ4v) is 7.48. The quantitative estimate of drug-likeness (QED) is 0.123. The zero-order valence-electron chi connectivity index (χ0n) is 24.7. The normalized spacial score (nSPS) is 23.7. The van der Waals surface area contributed by atoms with E-state index in [2.05, 4.69) is 15.5 Å². The van der Waals surface area contributed by atoms with Crippen molar-refractivity contribution in [2.24, 2.45) is 10.6 Å². The summed E-state index contributed by atoms with van der Waals surface area (Å²) in [7, 11) is 1.28. The van der Waals surface area contributed by atoms with Crippen molar-refractivity contribution in [3.8, 4) is 0 Å². The van der Waals surface area contributed by atoms with Crippen LogP contribution in [0.4, 0.5) is 5.13 Å². The van der Waals surface area contributed by atoms with Crippen molar-refractivity contribution in [1.82, 2.24) is 15.2 Å². The molecule has 2 saturated heterocycles. The maximum atomic E-state index is 13.4.